The standard InChI is InChI=1S/C15H25N3O/c1-5-18(11-15(19)17(3)4)14(10-16)13-9-7-6-8-12(13)2/h6-9,14H,5,10-11,16H2,1-4H3. The maximum Gasteiger partial charge on any atom is 0.236 e. The van der Waals surface area contributed by atoms with Crippen LogP contribution in [0.15, 0.2) is 24.3 Å². The molecule has 0 aliphatic heterocycles. The molecule has 0 aromatic heterocycles. The van der Waals surface area contributed by atoms with E-state index < -0.39 is 0 Å². The number of likely N-dealkylation sites (N-methyl/N-ethyl adjacent to an activating group) is 2. The molecule has 1 aromatic rings. The van der Waals surface area contributed by atoms with E-state index >= 15 is 0 Å². The quantitative estimate of drug-likeness (QED) is 0.844. The summed E-state index contributed by atoms with van der Waals surface area (Å²) in [6.07, 6.45) is 0. The van der Waals surface area contributed by atoms with Crippen LogP contribution in [0.25, 0.3) is 0 Å². The maximum atomic E-state index is 11.9. The molecule has 1 unspecified atom stereocenters. The van der Waals surface area contributed by atoms with Crippen molar-refractivity contribution in [3.63, 3.8) is 0 Å². The van der Waals surface area contributed by atoms with Gasteiger partial charge in [0.25, 0.3) is 0 Å². The first-order chi connectivity index (χ1) is 9.01. The van der Waals surface area contributed by atoms with Crippen molar-refractivity contribution in [2.24, 2.45) is 5.73 Å². The smallest absolute Gasteiger partial charge is 0.236 e. The highest BCUT2D eigenvalue weighted by Gasteiger charge is 2.21. The van der Waals surface area contributed by atoms with Gasteiger partial charge in [-0.2, -0.15) is 0 Å². The van der Waals surface area contributed by atoms with Crippen molar-refractivity contribution in [2.45, 2.75) is 19.9 Å². The third kappa shape index (κ3) is 4.04. The Hall–Kier alpha value is -1.39. The number of hydrogen-bond acceptors (Lipinski definition) is 3. The highest BCUT2D eigenvalue weighted by atomic mass is 16.2. The van der Waals surface area contributed by atoms with Crippen LogP contribution >= 0.6 is 0 Å². The number of hydrogen-bond donors (Lipinski definition) is 1. The Morgan fingerprint density at radius 2 is 1.95 bits per heavy atom. The third-order valence-corrected chi connectivity index (χ3v) is 3.45. The Kier molecular flexibility index (Phi) is 5.99. The van der Waals surface area contributed by atoms with Gasteiger partial charge in [-0.05, 0) is 24.6 Å². The van der Waals surface area contributed by atoms with E-state index in [1.54, 1.807) is 19.0 Å². The molecule has 0 aliphatic carbocycles. The molecule has 0 heterocycles. The Labute approximate surface area is 116 Å². The van der Waals surface area contributed by atoms with Crippen LogP contribution in [0.3, 0.4) is 0 Å². The van der Waals surface area contributed by atoms with E-state index in [0.29, 0.717) is 13.1 Å². The van der Waals surface area contributed by atoms with Crippen LogP contribution in [0.1, 0.15) is 24.1 Å². The van der Waals surface area contributed by atoms with E-state index in [1.165, 1.54) is 11.1 Å². The molecule has 0 bridgehead atoms. The molecule has 0 fully saturated rings. The summed E-state index contributed by atoms with van der Waals surface area (Å²) in [5.74, 6) is 0.105. The average molecular weight is 263 g/mol. The SMILES string of the molecule is CCN(CC(=O)N(C)C)C(CN)c1ccccc1C. The summed E-state index contributed by atoms with van der Waals surface area (Å²) < 4.78 is 0. The van der Waals surface area contributed by atoms with E-state index in [0.717, 1.165) is 6.54 Å². The molecule has 1 aromatic carbocycles. The van der Waals surface area contributed by atoms with Gasteiger partial charge in [-0.15, -0.1) is 0 Å². The van der Waals surface area contributed by atoms with E-state index in [-0.39, 0.29) is 11.9 Å². The van der Waals surface area contributed by atoms with E-state index in [4.69, 9.17) is 5.73 Å². The maximum absolute atomic E-state index is 11.9. The van der Waals surface area contributed by atoms with Gasteiger partial charge in [-0.3, -0.25) is 9.69 Å². The number of aryl methyl sites for hydroxylation is 1. The van der Waals surface area contributed by atoms with Gasteiger partial charge in [0.1, 0.15) is 0 Å². The molecule has 1 amide bonds. The summed E-state index contributed by atoms with van der Waals surface area (Å²) in [5, 5.41) is 0. The molecule has 0 aliphatic rings. The molecule has 19 heavy (non-hydrogen) atoms. The summed E-state index contributed by atoms with van der Waals surface area (Å²) in [6.45, 7) is 5.86. The fourth-order valence-electron chi connectivity index (χ4n) is 2.19. The summed E-state index contributed by atoms with van der Waals surface area (Å²) >= 11 is 0. The highest BCUT2D eigenvalue weighted by molar-refractivity contribution is 5.77. The zero-order valence-electron chi connectivity index (χ0n) is 12.4. The largest absolute Gasteiger partial charge is 0.348 e. The summed E-state index contributed by atoms with van der Waals surface area (Å²) in [4.78, 5) is 15.6. The molecule has 1 rings (SSSR count). The van der Waals surface area contributed by atoms with Crippen LogP contribution in [0, 0.1) is 6.92 Å². The average Bonchev–Trinajstić information content (AvgIpc) is 2.39. The molecule has 106 valence electrons. The van der Waals surface area contributed by atoms with Crippen LogP contribution in [0.4, 0.5) is 0 Å². The van der Waals surface area contributed by atoms with Crippen LogP contribution in [-0.2, 0) is 4.79 Å². The van der Waals surface area contributed by atoms with E-state index in [2.05, 4.69) is 30.9 Å². The number of rotatable bonds is 6. The lowest BCUT2D eigenvalue weighted by molar-refractivity contribution is -0.130. The molecule has 2 N–H and O–H groups in total. The van der Waals surface area contributed by atoms with Crippen molar-refractivity contribution < 1.29 is 4.79 Å². The molecular formula is C15H25N3O. The van der Waals surface area contributed by atoms with Gasteiger partial charge in [0.2, 0.25) is 5.91 Å². The van der Waals surface area contributed by atoms with Crippen molar-refractivity contribution in [3.8, 4) is 0 Å². The zero-order chi connectivity index (χ0) is 14.4. The second-order valence-corrected chi connectivity index (χ2v) is 4.96. The molecule has 4 heteroatoms. The van der Waals surface area contributed by atoms with Gasteiger partial charge in [0.15, 0.2) is 0 Å². The summed E-state index contributed by atoms with van der Waals surface area (Å²) in [6, 6.07) is 8.31. The number of nitrogens with zero attached hydrogens (tertiary/aromatic N) is 2. The van der Waals surface area contributed by atoms with E-state index in [9.17, 15) is 4.79 Å². The molecular weight excluding hydrogens is 238 g/mol. The van der Waals surface area contributed by atoms with Gasteiger partial charge >= 0.3 is 0 Å². The van der Waals surface area contributed by atoms with Gasteiger partial charge in [0.05, 0.1) is 6.54 Å². The predicted molar refractivity (Wildman–Crippen MR) is 78.9 cm³/mol. The summed E-state index contributed by atoms with van der Waals surface area (Å²) in [7, 11) is 3.56. The minimum absolute atomic E-state index is 0.0927. The fourth-order valence-corrected chi connectivity index (χ4v) is 2.19. The van der Waals surface area contributed by atoms with Crippen LogP contribution in [-0.4, -0.2) is 49.4 Å². The summed E-state index contributed by atoms with van der Waals surface area (Å²) in [5.41, 5.74) is 8.36. The lowest BCUT2D eigenvalue weighted by atomic mass is 10.00. The normalized spacial score (nSPS) is 12.5. The van der Waals surface area contributed by atoms with Crippen LogP contribution in [0.5, 0.6) is 0 Å². The Bertz CT molecular complexity index is 418. The Morgan fingerprint density at radius 3 is 2.42 bits per heavy atom. The number of benzene rings is 1. The number of carbonyl (C=O) groups is 1. The van der Waals surface area contributed by atoms with Crippen LogP contribution < -0.4 is 5.73 Å². The Balaban J connectivity index is 2.93. The van der Waals surface area contributed by atoms with Crippen molar-refractivity contribution in [2.75, 3.05) is 33.7 Å². The zero-order valence-corrected chi connectivity index (χ0v) is 12.4. The predicted octanol–water partition coefficient (Wildman–Crippen LogP) is 1.40. The highest BCUT2D eigenvalue weighted by Crippen LogP contribution is 2.22. The minimum Gasteiger partial charge on any atom is -0.348 e. The van der Waals surface area contributed by atoms with Crippen molar-refractivity contribution in [1.82, 2.24) is 9.80 Å². The first kappa shape index (κ1) is 15.7. The monoisotopic (exact) mass is 263 g/mol. The molecule has 0 radical (unpaired) electrons. The molecule has 4 nitrogen and oxygen atoms in total. The van der Waals surface area contributed by atoms with Gasteiger partial charge in [-0.1, -0.05) is 31.2 Å². The van der Waals surface area contributed by atoms with Crippen molar-refractivity contribution in [3.05, 3.63) is 35.4 Å². The van der Waals surface area contributed by atoms with Crippen LogP contribution in [0.2, 0.25) is 0 Å². The third-order valence-electron chi connectivity index (χ3n) is 3.45. The molecule has 0 saturated heterocycles. The van der Waals surface area contributed by atoms with Crippen molar-refractivity contribution in [1.29, 1.82) is 0 Å². The number of nitrogens with two attached hydrogens (primary N) is 1. The van der Waals surface area contributed by atoms with Gasteiger partial charge in [-0.25, -0.2) is 0 Å². The molecule has 0 spiro atoms. The first-order valence-corrected chi connectivity index (χ1v) is 6.71. The topological polar surface area (TPSA) is 49.6 Å². The lowest BCUT2D eigenvalue weighted by Crippen LogP contribution is -2.41. The number of carbonyl (C=O) groups excluding carboxylic acids is 1. The first-order valence-electron chi connectivity index (χ1n) is 6.71. The second-order valence-electron chi connectivity index (χ2n) is 4.96. The number of amides is 1. The second kappa shape index (κ2) is 7.26. The van der Waals surface area contributed by atoms with Gasteiger partial charge in [0, 0.05) is 26.7 Å². The van der Waals surface area contributed by atoms with Gasteiger partial charge < -0.3 is 10.6 Å². The molecule has 0 saturated carbocycles. The van der Waals surface area contributed by atoms with E-state index in [1.807, 2.05) is 12.1 Å². The lowest BCUT2D eigenvalue weighted by Gasteiger charge is -2.31. The van der Waals surface area contributed by atoms with Crippen molar-refractivity contribution >= 4 is 5.91 Å². The Morgan fingerprint density at radius 1 is 1.32 bits per heavy atom. The fraction of sp³-hybridized carbons (Fsp3) is 0.533. The minimum atomic E-state index is 0.0927. The molecule has 1 atom stereocenters.